The Balaban J connectivity index is 1.03. The highest BCUT2D eigenvalue weighted by atomic mass is 16.3. The van der Waals surface area contributed by atoms with Gasteiger partial charge in [0.25, 0.3) is 0 Å². The third-order valence-corrected chi connectivity index (χ3v) is 14.4. The van der Waals surface area contributed by atoms with E-state index in [9.17, 15) is 0 Å². The van der Waals surface area contributed by atoms with Crippen LogP contribution in [0.15, 0.2) is 241 Å². The van der Waals surface area contributed by atoms with Gasteiger partial charge < -0.3 is 8.98 Å². The minimum absolute atomic E-state index is 0.530. The molecule has 0 N–H and O–H groups in total. The molecule has 0 atom stereocenters. The Morgan fingerprint density at radius 3 is 1.58 bits per heavy atom. The van der Waals surface area contributed by atoms with Crippen LogP contribution in [0.1, 0.15) is 0 Å². The largest absolute Gasteiger partial charge is 0.456 e. The van der Waals surface area contributed by atoms with E-state index < -0.39 is 0 Å². The highest BCUT2D eigenvalue weighted by molar-refractivity contribution is 6.38. The van der Waals surface area contributed by atoms with Crippen LogP contribution in [-0.2, 0) is 0 Å². The molecule has 0 saturated heterocycles. The molecule has 71 heavy (non-hydrogen) atoms. The summed E-state index contributed by atoms with van der Waals surface area (Å²) in [7, 11) is 0. The minimum Gasteiger partial charge on any atom is -0.456 e. The first-order valence-corrected chi connectivity index (χ1v) is 24.0. The fourth-order valence-corrected chi connectivity index (χ4v) is 11.2. The van der Waals surface area contributed by atoms with Crippen LogP contribution in [0.5, 0.6) is 0 Å². The SMILES string of the molecule is c1ccc(-c2ccc(-c3nc(-c4ccc5c(c4)oc4ccccc45)nc(-n4c5ccccc5c5c6c7c8ccccc8c8ccccc8c7n(-c7cccc(-c8ccccc8)c7)c6ccc54)n3)cc2)cc1. The van der Waals surface area contributed by atoms with Gasteiger partial charge in [0.2, 0.25) is 5.95 Å². The summed E-state index contributed by atoms with van der Waals surface area (Å²) in [5.74, 6) is 1.66. The van der Waals surface area contributed by atoms with Gasteiger partial charge in [-0.1, -0.05) is 188 Å². The highest BCUT2D eigenvalue weighted by Crippen LogP contribution is 2.47. The molecule has 0 aliphatic heterocycles. The number of rotatable bonds is 6. The van der Waals surface area contributed by atoms with E-state index in [-0.39, 0.29) is 0 Å². The van der Waals surface area contributed by atoms with E-state index in [1.807, 2.05) is 24.3 Å². The van der Waals surface area contributed by atoms with Crippen molar-refractivity contribution >= 4 is 87.1 Å². The molecule has 6 nitrogen and oxygen atoms in total. The van der Waals surface area contributed by atoms with Crippen LogP contribution in [0.3, 0.4) is 0 Å². The maximum atomic E-state index is 6.42. The zero-order valence-electron chi connectivity index (χ0n) is 38.2. The second kappa shape index (κ2) is 15.4. The molecular formula is C65H39N5O. The monoisotopic (exact) mass is 905 g/mol. The molecule has 0 bridgehead atoms. The molecular weight excluding hydrogens is 867 g/mol. The number of hydrogen-bond donors (Lipinski definition) is 0. The topological polar surface area (TPSA) is 61.7 Å². The molecule has 4 aromatic heterocycles. The number of furan rings is 1. The Bertz CT molecular complexity index is 4620. The van der Waals surface area contributed by atoms with Gasteiger partial charge in [-0.3, -0.25) is 4.57 Å². The Hall–Kier alpha value is -9.65. The van der Waals surface area contributed by atoms with Crippen molar-refractivity contribution in [1.82, 2.24) is 24.1 Å². The molecule has 0 fully saturated rings. The lowest BCUT2D eigenvalue weighted by Crippen LogP contribution is -2.06. The molecule has 0 saturated carbocycles. The molecule has 6 heteroatoms. The van der Waals surface area contributed by atoms with E-state index in [1.54, 1.807) is 0 Å². The number of nitrogens with zero attached hydrogens (tertiary/aromatic N) is 5. The molecule has 330 valence electrons. The Labute approximate surface area is 407 Å². The van der Waals surface area contributed by atoms with Gasteiger partial charge in [0, 0.05) is 54.5 Å². The van der Waals surface area contributed by atoms with Gasteiger partial charge >= 0.3 is 0 Å². The molecule has 11 aromatic carbocycles. The molecule has 15 aromatic rings. The predicted octanol–water partition coefficient (Wildman–Crippen LogP) is 16.9. The Morgan fingerprint density at radius 2 is 0.817 bits per heavy atom. The average Bonchev–Trinajstić information content (AvgIpc) is 4.12. The predicted molar refractivity (Wildman–Crippen MR) is 293 cm³/mol. The third kappa shape index (κ3) is 6.05. The van der Waals surface area contributed by atoms with Crippen molar-refractivity contribution in [3.63, 3.8) is 0 Å². The second-order valence-corrected chi connectivity index (χ2v) is 18.3. The van der Waals surface area contributed by atoms with Crippen LogP contribution in [-0.4, -0.2) is 24.1 Å². The summed E-state index contributed by atoms with van der Waals surface area (Å²) in [5, 5.41) is 11.6. The molecule has 0 unspecified atom stereocenters. The van der Waals surface area contributed by atoms with Crippen LogP contribution >= 0.6 is 0 Å². The first-order chi connectivity index (χ1) is 35.2. The average molecular weight is 906 g/mol. The first kappa shape index (κ1) is 39.4. The zero-order valence-corrected chi connectivity index (χ0v) is 38.2. The summed E-state index contributed by atoms with van der Waals surface area (Å²) in [6.45, 7) is 0. The van der Waals surface area contributed by atoms with Crippen molar-refractivity contribution in [2.45, 2.75) is 0 Å². The van der Waals surface area contributed by atoms with Crippen molar-refractivity contribution in [2.24, 2.45) is 0 Å². The normalized spacial score (nSPS) is 11.9. The zero-order chi connectivity index (χ0) is 46.6. The molecule has 0 spiro atoms. The quantitative estimate of drug-likeness (QED) is 0.156. The number of hydrogen-bond acceptors (Lipinski definition) is 4. The van der Waals surface area contributed by atoms with Crippen LogP contribution < -0.4 is 0 Å². The lowest BCUT2D eigenvalue weighted by atomic mass is 9.95. The van der Waals surface area contributed by atoms with Crippen molar-refractivity contribution < 1.29 is 4.42 Å². The number of aromatic nitrogens is 5. The maximum Gasteiger partial charge on any atom is 0.238 e. The van der Waals surface area contributed by atoms with E-state index in [1.165, 1.54) is 43.4 Å². The summed E-state index contributed by atoms with van der Waals surface area (Å²) < 4.78 is 11.1. The van der Waals surface area contributed by atoms with Crippen molar-refractivity contribution in [3.8, 4) is 56.7 Å². The van der Waals surface area contributed by atoms with E-state index in [0.29, 0.717) is 17.6 Å². The molecule has 0 aliphatic rings. The third-order valence-electron chi connectivity index (χ3n) is 14.4. The van der Waals surface area contributed by atoms with Gasteiger partial charge in [-0.2, -0.15) is 9.97 Å². The van der Waals surface area contributed by atoms with Gasteiger partial charge in [0.05, 0.1) is 22.1 Å². The van der Waals surface area contributed by atoms with Crippen molar-refractivity contribution in [3.05, 3.63) is 237 Å². The summed E-state index contributed by atoms with van der Waals surface area (Å²) >= 11 is 0. The molecule has 0 radical (unpaired) electrons. The molecule has 15 rings (SSSR count). The van der Waals surface area contributed by atoms with Crippen LogP contribution in [0.2, 0.25) is 0 Å². The van der Waals surface area contributed by atoms with E-state index >= 15 is 0 Å². The van der Waals surface area contributed by atoms with Gasteiger partial charge in [0.15, 0.2) is 11.6 Å². The van der Waals surface area contributed by atoms with Crippen LogP contribution in [0.25, 0.3) is 144 Å². The van der Waals surface area contributed by atoms with Crippen LogP contribution in [0.4, 0.5) is 0 Å². The maximum absolute atomic E-state index is 6.42. The number of fused-ring (bicyclic) bond motifs is 15. The summed E-state index contributed by atoms with van der Waals surface area (Å²) in [5.41, 5.74) is 13.4. The summed E-state index contributed by atoms with van der Waals surface area (Å²) in [6, 6.07) is 84.0. The first-order valence-electron chi connectivity index (χ1n) is 24.0. The molecule has 0 amide bonds. The molecule has 0 aliphatic carbocycles. The van der Waals surface area contributed by atoms with Gasteiger partial charge in [-0.05, 0) is 86.9 Å². The summed E-state index contributed by atoms with van der Waals surface area (Å²) in [4.78, 5) is 16.1. The van der Waals surface area contributed by atoms with Crippen molar-refractivity contribution in [2.75, 3.05) is 0 Å². The smallest absolute Gasteiger partial charge is 0.238 e. The number of para-hydroxylation sites is 2. The highest BCUT2D eigenvalue weighted by Gasteiger charge is 2.26. The standard InChI is InChI=1S/C65H39N5O/c1-3-16-40(17-4-1)42-30-32-43(33-31-42)63-66-64(45-34-35-50-49-24-12-14-29-57(49)71-58(50)39-45)68-65(67-63)70-54-28-13-11-27-53(54)59-55(70)36-37-56-61(59)60-51-25-9-7-22-47(51)48-23-8-10-26-52(48)62(60)69(56)46-21-15-20-44(38-46)41-18-5-2-6-19-41/h1-39H. The second-order valence-electron chi connectivity index (χ2n) is 18.3. The minimum atomic E-state index is 0.530. The van der Waals surface area contributed by atoms with E-state index in [0.717, 1.165) is 82.8 Å². The summed E-state index contributed by atoms with van der Waals surface area (Å²) in [6.07, 6.45) is 0. The van der Waals surface area contributed by atoms with E-state index in [4.69, 9.17) is 19.4 Å². The number of benzene rings is 11. The Morgan fingerprint density at radius 1 is 0.282 bits per heavy atom. The fourth-order valence-electron chi connectivity index (χ4n) is 11.2. The van der Waals surface area contributed by atoms with Gasteiger partial charge in [-0.25, -0.2) is 4.98 Å². The van der Waals surface area contributed by atoms with Gasteiger partial charge in [0.1, 0.15) is 11.2 Å². The lowest BCUT2D eigenvalue weighted by Gasteiger charge is -2.13. The fraction of sp³-hybridized carbons (Fsp3) is 0. The van der Waals surface area contributed by atoms with Gasteiger partial charge in [-0.15, -0.1) is 0 Å². The van der Waals surface area contributed by atoms with Crippen molar-refractivity contribution in [1.29, 1.82) is 0 Å². The molecule has 4 heterocycles. The lowest BCUT2D eigenvalue weighted by molar-refractivity contribution is 0.669. The van der Waals surface area contributed by atoms with Crippen LogP contribution in [0, 0.1) is 0 Å². The Kier molecular flexibility index (Phi) is 8.56. The van der Waals surface area contributed by atoms with E-state index in [2.05, 4.69) is 221 Å².